The smallest absolute Gasteiger partial charge is 0.273 e. The molecule has 126 valence electrons. The maximum absolute atomic E-state index is 12.6. The number of likely N-dealkylation sites (tertiary alicyclic amines) is 1. The van der Waals surface area contributed by atoms with E-state index in [4.69, 9.17) is 9.47 Å². The molecule has 1 amide bonds. The van der Waals surface area contributed by atoms with Gasteiger partial charge in [-0.05, 0) is 30.9 Å². The third-order valence-electron chi connectivity index (χ3n) is 4.29. The van der Waals surface area contributed by atoms with E-state index >= 15 is 0 Å². The Labute approximate surface area is 144 Å². The topological polar surface area (TPSA) is 63.7 Å². The van der Waals surface area contributed by atoms with E-state index in [1.807, 2.05) is 28.5 Å². The minimum atomic E-state index is 0.0246. The van der Waals surface area contributed by atoms with Crippen LogP contribution in [0.2, 0.25) is 0 Å². The van der Waals surface area contributed by atoms with Crippen molar-refractivity contribution in [1.82, 2.24) is 9.88 Å². The second kappa shape index (κ2) is 6.32. The van der Waals surface area contributed by atoms with Crippen LogP contribution in [0.25, 0.3) is 0 Å². The summed E-state index contributed by atoms with van der Waals surface area (Å²) in [5.41, 5.74) is 1.37. The number of thiazole rings is 1. The summed E-state index contributed by atoms with van der Waals surface area (Å²) in [6.45, 7) is 4.09. The molecule has 0 radical (unpaired) electrons. The number of fused-ring (bicyclic) bond motifs is 1. The first-order valence-corrected chi connectivity index (χ1v) is 8.98. The minimum Gasteiger partial charge on any atom is -0.454 e. The zero-order valence-electron chi connectivity index (χ0n) is 13.4. The van der Waals surface area contributed by atoms with Gasteiger partial charge >= 0.3 is 0 Å². The predicted molar refractivity (Wildman–Crippen MR) is 92.3 cm³/mol. The molecule has 6 nitrogen and oxygen atoms in total. The molecule has 0 spiro atoms. The van der Waals surface area contributed by atoms with Gasteiger partial charge in [0.1, 0.15) is 5.69 Å². The van der Waals surface area contributed by atoms with Crippen LogP contribution in [-0.2, 0) is 0 Å². The van der Waals surface area contributed by atoms with Crippen molar-refractivity contribution in [2.45, 2.75) is 19.8 Å². The predicted octanol–water partition coefficient (Wildman–Crippen LogP) is 3.49. The molecule has 1 aromatic heterocycles. The van der Waals surface area contributed by atoms with Gasteiger partial charge in [-0.25, -0.2) is 4.98 Å². The van der Waals surface area contributed by atoms with E-state index in [1.165, 1.54) is 17.8 Å². The second-order valence-electron chi connectivity index (χ2n) is 6.23. The SMILES string of the molecule is CC1CCCN(C(=O)c2csc(Nc3ccc4c(c3)OCO4)n2)C1. The Morgan fingerprint density at radius 2 is 2.25 bits per heavy atom. The summed E-state index contributed by atoms with van der Waals surface area (Å²) in [5, 5.41) is 5.73. The molecular formula is C17H19N3O3S. The van der Waals surface area contributed by atoms with Crippen LogP contribution >= 0.6 is 11.3 Å². The molecule has 0 aliphatic carbocycles. The lowest BCUT2D eigenvalue weighted by Gasteiger charge is -2.30. The number of carbonyl (C=O) groups excluding carboxylic acids is 1. The highest BCUT2D eigenvalue weighted by Crippen LogP contribution is 2.35. The lowest BCUT2D eigenvalue weighted by molar-refractivity contribution is 0.0678. The highest BCUT2D eigenvalue weighted by atomic mass is 32.1. The van der Waals surface area contributed by atoms with E-state index in [0.717, 1.165) is 36.7 Å². The van der Waals surface area contributed by atoms with Crippen molar-refractivity contribution in [3.63, 3.8) is 0 Å². The van der Waals surface area contributed by atoms with E-state index in [0.29, 0.717) is 16.7 Å². The molecule has 1 unspecified atom stereocenters. The summed E-state index contributed by atoms with van der Waals surface area (Å²) in [7, 11) is 0. The first-order chi connectivity index (χ1) is 11.7. The fourth-order valence-electron chi connectivity index (χ4n) is 3.06. The van der Waals surface area contributed by atoms with Gasteiger partial charge in [0.2, 0.25) is 6.79 Å². The van der Waals surface area contributed by atoms with Gasteiger partial charge in [-0.3, -0.25) is 4.79 Å². The van der Waals surface area contributed by atoms with E-state index in [9.17, 15) is 4.79 Å². The molecule has 0 saturated carbocycles. The Bertz CT molecular complexity index is 761. The fourth-order valence-corrected chi connectivity index (χ4v) is 3.77. The van der Waals surface area contributed by atoms with Crippen LogP contribution in [0, 0.1) is 5.92 Å². The van der Waals surface area contributed by atoms with Crippen LogP contribution < -0.4 is 14.8 Å². The van der Waals surface area contributed by atoms with Crippen LogP contribution in [0.4, 0.5) is 10.8 Å². The van der Waals surface area contributed by atoms with Crippen LogP contribution in [0.5, 0.6) is 11.5 Å². The number of piperidine rings is 1. The van der Waals surface area contributed by atoms with Crippen molar-refractivity contribution in [2.24, 2.45) is 5.92 Å². The van der Waals surface area contributed by atoms with E-state index in [1.54, 1.807) is 0 Å². The van der Waals surface area contributed by atoms with Gasteiger partial charge in [0.05, 0.1) is 0 Å². The number of carbonyl (C=O) groups is 1. The van der Waals surface area contributed by atoms with Crippen molar-refractivity contribution in [3.05, 3.63) is 29.3 Å². The number of benzene rings is 1. The molecule has 24 heavy (non-hydrogen) atoms. The Kier molecular flexibility index (Phi) is 4.02. The van der Waals surface area contributed by atoms with Crippen LogP contribution in [0.15, 0.2) is 23.6 Å². The zero-order chi connectivity index (χ0) is 16.5. The highest BCUT2D eigenvalue weighted by molar-refractivity contribution is 7.14. The number of hydrogen-bond acceptors (Lipinski definition) is 6. The van der Waals surface area contributed by atoms with E-state index in [-0.39, 0.29) is 12.7 Å². The number of nitrogens with one attached hydrogen (secondary N) is 1. The average Bonchev–Trinajstić information content (AvgIpc) is 3.23. The maximum atomic E-state index is 12.6. The Hall–Kier alpha value is -2.28. The molecule has 7 heteroatoms. The number of aromatic nitrogens is 1. The molecule has 1 fully saturated rings. The van der Waals surface area contributed by atoms with Gasteiger partial charge < -0.3 is 19.7 Å². The highest BCUT2D eigenvalue weighted by Gasteiger charge is 2.24. The van der Waals surface area contributed by atoms with Crippen molar-refractivity contribution >= 4 is 28.1 Å². The first-order valence-electron chi connectivity index (χ1n) is 8.10. The van der Waals surface area contributed by atoms with E-state index < -0.39 is 0 Å². The molecular weight excluding hydrogens is 326 g/mol. The minimum absolute atomic E-state index is 0.0246. The summed E-state index contributed by atoms with van der Waals surface area (Å²) >= 11 is 1.43. The van der Waals surface area contributed by atoms with Crippen LogP contribution in [0.1, 0.15) is 30.3 Å². The van der Waals surface area contributed by atoms with Crippen molar-refractivity contribution in [3.8, 4) is 11.5 Å². The largest absolute Gasteiger partial charge is 0.454 e. The average molecular weight is 345 g/mol. The quantitative estimate of drug-likeness (QED) is 0.922. The zero-order valence-corrected chi connectivity index (χ0v) is 14.3. The lowest BCUT2D eigenvalue weighted by atomic mass is 10.0. The van der Waals surface area contributed by atoms with Gasteiger partial charge in [0.25, 0.3) is 5.91 Å². The number of anilines is 2. The monoisotopic (exact) mass is 345 g/mol. The standard InChI is InChI=1S/C17H19N3O3S/c1-11-3-2-6-20(8-11)16(21)13-9-24-17(19-13)18-12-4-5-14-15(7-12)23-10-22-14/h4-5,7,9,11H,2-3,6,8,10H2,1H3,(H,18,19). The van der Waals surface area contributed by atoms with Gasteiger partial charge in [-0.1, -0.05) is 6.92 Å². The van der Waals surface area contributed by atoms with Crippen molar-refractivity contribution in [2.75, 3.05) is 25.2 Å². The normalized spacial score (nSPS) is 19.4. The fraction of sp³-hybridized carbons (Fsp3) is 0.412. The molecule has 1 saturated heterocycles. The molecule has 1 atom stereocenters. The van der Waals surface area contributed by atoms with Crippen molar-refractivity contribution in [1.29, 1.82) is 0 Å². The third-order valence-corrected chi connectivity index (χ3v) is 5.05. The van der Waals surface area contributed by atoms with Gasteiger partial charge in [0.15, 0.2) is 16.6 Å². The molecule has 2 aliphatic rings. The Balaban J connectivity index is 1.45. The molecule has 1 aromatic carbocycles. The number of hydrogen-bond donors (Lipinski definition) is 1. The number of amides is 1. The number of rotatable bonds is 3. The third kappa shape index (κ3) is 3.03. The number of nitrogens with zero attached hydrogens (tertiary/aromatic N) is 2. The summed E-state index contributed by atoms with van der Waals surface area (Å²) in [6, 6.07) is 5.64. The molecule has 0 bridgehead atoms. The van der Waals surface area contributed by atoms with Crippen molar-refractivity contribution < 1.29 is 14.3 Å². The van der Waals surface area contributed by atoms with Crippen LogP contribution in [0.3, 0.4) is 0 Å². The van der Waals surface area contributed by atoms with Gasteiger partial charge in [-0.2, -0.15) is 0 Å². The van der Waals surface area contributed by atoms with Crippen LogP contribution in [-0.4, -0.2) is 35.7 Å². The molecule has 3 heterocycles. The summed E-state index contributed by atoms with van der Waals surface area (Å²) in [4.78, 5) is 18.9. The maximum Gasteiger partial charge on any atom is 0.273 e. The van der Waals surface area contributed by atoms with E-state index in [2.05, 4.69) is 17.2 Å². The van der Waals surface area contributed by atoms with Gasteiger partial charge in [-0.15, -0.1) is 11.3 Å². The number of ether oxygens (including phenoxy) is 2. The summed E-state index contributed by atoms with van der Waals surface area (Å²) < 4.78 is 10.7. The Morgan fingerprint density at radius 1 is 1.38 bits per heavy atom. The molecule has 4 rings (SSSR count). The van der Waals surface area contributed by atoms with Gasteiger partial charge in [0, 0.05) is 30.2 Å². The molecule has 1 N–H and O–H groups in total. The first kappa shape index (κ1) is 15.3. The summed E-state index contributed by atoms with van der Waals surface area (Å²) in [6.07, 6.45) is 2.26. The summed E-state index contributed by atoms with van der Waals surface area (Å²) in [5.74, 6) is 2.05. The molecule has 2 aromatic rings. The molecule has 2 aliphatic heterocycles. The Morgan fingerprint density at radius 3 is 3.12 bits per heavy atom. The lowest BCUT2D eigenvalue weighted by Crippen LogP contribution is -2.39. The second-order valence-corrected chi connectivity index (χ2v) is 7.09.